The molecule has 0 saturated carbocycles. The minimum Gasteiger partial charge on any atom is -0.337 e. The van der Waals surface area contributed by atoms with Gasteiger partial charge >= 0.3 is 0 Å². The fourth-order valence-electron chi connectivity index (χ4n) is 3.10. The second kappa shape index (κ2) is 5.53. The Morgan fingerprint density at radius 2 is 1.60 bits per heavy atom. The molecule has 0 saturated heterocycles. The summed E-state index contributed by atoms with van der Waals surface area (Å²) in [6.45, 7) is 0. The van der Waals surface area contributed by atoms with Crippen LogP contribution in [0.1, 0.15) is 0 Å². The lowest BCUT2D eigenvalue weighted by molar-refractivity contribution is 1.24. The summed E-state index contributed by atoms with van der Waals surface area (Å²) < 4.78 is 0. The first-order chi connectivity index (χ1) is 12.4. The highest BCUT2D eigenvalue weighted by atomic mass is 15.0. The number of hydrogen-bond donors (Lipinski definition) is 1. The Kier molecular flexibility index (Phi) is 3.07. The topological polar surface area (TPSA) is 54.5 Å². The average molecular weight is 322 g/mol. The van der Waals surface area contributed by atoms with Crippen molar-refractivity contribution in [3.05, 3.63) is 79.1 Å². The summed E-state index contributed by atoms with van der Waals surface area (Å²) in [5, 5.41) is 1.08. The second-order valence-corrected chi connectivity index (χ2v) is 5.92. The minimum atomic E-state index is 0.755. The fraction of sp³-hybridized carbons (Fsp3) is 0. The summed E-state index contributed by atoms with van der Waals surface area (Å²) in [5.41, 5.74) is 5.85. The molecule has 2 aromatic carbocycles. The van der Waals surface area contributed by atoms with Crippen LogP contribution < -0.4 is 0 Å². The van der Waals surface area contributed by atoms with Crippen LogP contribution in [0.4, 0.5) is 0 Å². The van der Waals surface area contributed by atoms with Gasteiger partial charge in [-0.1, -0.05) is 42.5 Å². The van der Waals surface area contributed by atoms with E-state index >= 15 is 0 Å². The smallest absolute Gasteiger partial charge is 0.157 e. The van der Waals surface area contributed by atoms with Gasteiger partial charge in [0.1, 0.15) is 11.2 Å². The number of aromatic nitrogens is 4. The van der Waals surface area contributed by atoms with E-state index in [1.165, 1.54) is 0 Å². The molecule has 25 heavy (non-hydrogen) atoms. The molecule has 0 radical (unpaired) electrons. The molecular formula is C21H14N4. The first-order valence-electron chi connectivity index (χ1n) is 8.14. The van der Waals surface area contributed by atoms with Gasteiger partial charge in [0.25, 0.3) is 0 Å². The number of hydrogen-bond acceptors (Lipinski definition) is 3. The lowest BCUT2D eigenvalue weighted by Crippen LogP contribution is -1.87. The van der Waals surface area contributed by atoms with Crippen molar-refractivity contribution in [1.82, 2.24) is 19.9 Å². The average Bonchev–Trinajstić information content (AvgIpc) is 3.14. The van der Waals surface area contributed by atoms with E-state index in [2.05, 4.69) is 39.2 Å². The van der Waals surface area contributed by atoms with Gasteiger partial charge in [0.2, 0.25) is 0 Å². The molecule has 0 amide bonds. The summed E-state index contributed by atoms with van der Waals surface area (Å²) in [4.78, 5) is 17.1. The van der Waals surface area contributed by atoms with E-state index in [4.69, 9.17) is 4.98 Å². The van der Waals surface area contributed by atoms with Crippen LogP contribution >= 0.6 is 0 Å². The monoisotopic (exact) mass is 322 g/mol. The van der Waals surface area contributed by atoms with Gasteiger partial charge in [-0.05, 0) is 35.4 Å². The number of aromatic amines is 1. The molecule has 0 aliphatic rings. The van der Waals surface area contributed by atoms with Gasteiger partial charge in [0, 0.05) is 17.8 Å². The van der Waals surface area contributed by atoms with E-state index in [0.717, 1.165) is 44.6 Å². The molecule has 3 aromatic heterocycles. The number of pyridine rings is 2. The zero-order chi connectivity index (χ0) is 16.6. The first kappa shape index (κ1) is 13.9. The van der Waals surface area contributed by atoms with Crippen LogP contribution in [0.5, 0.6) is 0 Å². The minimum absolute atomic E-state index is 0.755. The van der Waals surface area contributed by atoms with E-state index in [9.17, 15) is 0 Å². The lowest BCUT2D eigenvalue weighted by atomic mass is 10.1. The number of H-pyrrole nitrogens is 1. The van der Waals surface area contributed by atoms with Crippen LogP contribution in [0.2, 0.25) is 0 Å². The number of imidazole rings is 1. The summed E-state index contributed by atoms with van der Waals surface area (Å²) in [5.74, 6) is 0.755. The molecular weight excluding hydrogens is 308 g/mol. The molecule has 1 N–H and O–H groups in total. The summed E-state index contributed by atoms with van der Waals surface area (Å²) >= 11 is 0. The fourth-order valence-corrected chi connectivity index (χ4v) is 3.10. The Hall–Kier alpha value is -3.53. The van der Waals surface area contributed by atoms with Crippen molar-refractivity contribution in [2.45, 2.75) is 0 Å². The maximum Gasteiger partial charge on any atom is 0.157 e. The van der Waals surface area contributed by atoms with E-state index in [1.54, 1.807) is 6.20 Å². The maximum atomic E-state index is 4.77. The third kappa shape index (κ3) is 2.35. The van der Waals surface area contributed by atoms with Crippen LogP contribution in [0.15, 0.2) is 79.1 Å². The molecule has 0 aliphatic carbocycles. The number of nitrogens with one attached hydrogen (secondary N) is 1. The Morgan fingerprint density at radius 1 is 0.680 bits per heavy atom. The van der Waals surface area contributed by atoms with Crippen LogP contribution in [0, 0.1) is 0 Å². The molecule has 0 atom stereocenters. The normalized spacial score (nSPS) is 11.2. The highest BCUT2D eigenvalue weighted by molar-refractivity contribution is 6.02. The Balaban J connectivity index is 1.67. The predicted molar refractivity (Wildman–Crippen MR) is 100 cm³/mol. The van der Waals surface area contributed by atoms with E-state index < -0.39 is 0 Å². The van der Waals surface area contributed by atoms with Gasteiger partial charge in [-0.15, -0.1) is 0 Å². The highest BCUT2D eigenvalue weighted by Gasteiger charge is 2.11. The Bertz CT molecular complexity index is 1190. The quantitative estimate of drug-likeness (QED) is 0.506. The predicted octanol–water partition coefficient (Wildman–Crippen LogP) is 4.84. The SMILES string of the molecule is c1ccc(-c2ccnc(-c3nc4c(ccc5cccnc54)[nH]3)c2)cc1. The summed E-state index contributed by atoms with van der Waals surface area (Å²) in [6, 6.07) is 22.4. The number of benzene rings is 2. The Morgan fingerprint density at radius 3 is 2.52 bits per heavy atom. The molecule has 0 aliphatic heterocycles. The summed E-state index contributed by atoms with van der Waals surface area (Å²) in [6.07, 6.45) is 3.62. The molecule has 5 aromatic rings. The van der Waals surface area contributed by atoms with E-state index in [-0.39, 0.29) is 0 Å². The van der Waals surface area contributed by atoms with Gasteiger partial charge < -0.3 is 4.98 Å². The molecule has 5 rings (SSSR count). The van der Waals surface area contributed by atoms with Gasteiger partial charge in [0.15, 0.2) is 5.82 Å². The van der Waals surface area contributed by atoms with Crippen molar-refractivity contribution < 1.29 is 0 Å². The number of fused-ring (bicyclic) bond motifs is 3. The van der Waals surface area contributed by atoms with Crippen molar-refractivity contribution >= 4 is 21.9 Å². The third-order valence-corrected chi connectivity index (χ3v) is 4.33. The first-order valence-corrected chi connectivity index (χ1v) is 8.14. The second-order valence-electron chi connectivity index (χ2n) is 5.92. The molecule has 4 nitrogen and oxygen atoms in total. The van der Waals surface area contributed by atoms with Gasteiger partial charge in [-0.25, -0.2) is 4.98 Å². The molecule has 3 heterocycles. The Labute approximate surface area is 144 Å². The van der Waals surface area contributed by atoms with Gasteiger partial charge in [0.05, 0.1) is 11.0 Å². The van der Waals surface area contributed by atoms with Crippen LogP contribution in [0.25, 0.3) is 44.6 Å². The summed E-state index contributed by atoms with van der Waals surface area (Å²) in [7, 11) is 0. The standard InChI is InChI=1S/C21H14N4/c1-2-5-14(6-3-1)16-10-12-22-18(13-16)21-24-17-9-8-15-7-4-11-23-19(15)20(17)25-21/h1-13H,(H,24,25). The van der Waals surface area contributed by atoms with Crippen molar-refractivity contribution in [3.63, 3.8) is 0 Å². The van der Waals surface area contributed by atoms with Gasteiger partial charge in [-0.2, -0.15) is 0 Å². The lowest BCUT2D eigenvalue weighted by Gasteiger charge is -2.02. The zero-order valence-corrected chi connectivity index (χ0v) is 13.3. The largest absolute Gasteiger partial charge is 0.337 e. The molecule has 0 unspecified atom stereocenters. The molecule has 0 bridgehead atoms. The van der Waals surface area contributed by atoms with Crippen molar-refractivity contribution in [2.75, 3.05) is 0 Å². The van der Waals surface area contributed by atoms with Crippen molar-refractivity contribution in [1.29, 1.82) is 0 Å². The van der Waals surface area contributed by atoms with Crippen LogP contribution in [0.3, 0.4) is 0 Å². The van der Waals surface area contributed by atoms with Gasteiger partial charge in [-0.3, -0.25) is 9.97 Å². The van der Waals surface area contributed by atoms with Crippen molar-refractivity contribution in [2.24, 2.45) is 0 Å². The number of nitrogens with zero attached hydrogens (tertiary/aromatic N) is 3. The van der Waals surface area contributed by atoms with E-state index in [1.807, 2.05) is 48.7 Å². The molecule has 118 valence electrons. The maximum absolute atomic E-state index is 4.77. The highest BCUT2D eigenvalue weighted by Crippen LogP contribution is 2.27. The zero-order valence-electron chi connectivity index (χ0n) is 13.3. The molecule has 4 heteroatoms. The van der Waals surface area contributed by atoms with E-state index in [0.29, 0.717) is 0 Å². The molecule has 0 spiro atoms. The van der Waals surface area contributed by atoms with Crippen molar-refractivity contribution in [3.8, 4) is 22.6 Å². The third-order valence-electron chi connectivity index (χ3n) is 4.33. The van der Waals surface area contributed by atoms with Crippen LogP contribution in [-0.2, 0) is 0 Å². The molecule has 0 fully saturated rings. The van der Waals surface area contributed by atoms with Crippen LogP contribution in [-0.4, -0.2) is 19.9 Å². The number of rotatable bonds is 2.